The highest BCUT2D eigenvalue weighted by Crippen LogP contribution is 2.29. The van der Waals surface area contributed by atoms with E-state index < -0.39 is 15.9 Å². The molecule has 0 unspecified atom stereocenters. The Morgan fingerprint density at radius 3 is 2.67 bits per heavy atom. The SMILES string of the molecule is CCS(=O)(=O)NC(=O)c1cccc(Cc2c(CC(C)C)[nH]c3cc(OC)ccc23)n1. The Hall–Kier alpha value is -2.87. The number of amides is 1. The summed E-state index contributed by atoms with van der Waals surface area (Å²) in [6, 6.07) is 11.0. The molecule has 1 amide bonds. The van der Waals surface area contributed by atoms with Crippen LogP contribution in [0, 0.1) is 5.92 Å². The summed E-state index contributed by atoms with van der Waals surface area (Å²) in [4.78, 5) is 20.2. The zero-order valence-corrected chi connectivity index (χ0v) is 18.5. The number of fused-ring (bicyclic) bond motifs is 1. The lowest BCUT2D eigenvalue weighted by Crippen LogP contribution is -2.32. The van der Waals surface area contributed by atoms with Gasteiger partial charge in [0, 0.05) is 34.8 Å². The Kier molecular flexibility index (Phi) is 6.45. The predicted octanol–water partition coefficient (Wildman–Crippen LogP) is 3.44. The van der Waals surface area contributed by atoms with E-state index >= 15 is 0 Å². The van der Waals surface area contributed by atoms with Gasteiger partial charge in [0.2, 0.25) is 10.0 Å². The normalized spacial score (nSPS) is 11.8. The highest BCUT2D eigenvalue weighted by molar-refractivity contribution is 7.90. The van der Waals surface area contributed by atoms with Crippen LogP contribution in [0.1, 0.15) is 48.2 Å². The maximum absolute atomic E-state index is 12.3. The van der Waals surface area contributed by atoms with E-state index in [4.69, 9.17) is 4.74 Å². The van der Waals surface area contributed by atoms with E-state index in [1.54, 1.807) is 13.2 Å². The molecule has 2 N–H and O–H groups in total. The van der Waals surface area contributed by atoms with Crippen LogP contribution in [0.3, 0.4) is 0 Å². The number of hydrogen-bond donors (Lipinski definition) is 2. The summed E-state index contributed by atoms with van der Waals surface area (Å²) in [5.74, 6) is 0.351. The minimum atomic E-state index is -3.64. The van der Waals surface area contributed by atoms with Gasteiger partial charge >= 0.3 is 0 Å². The number of ether oxygens (including phenoxy) is 1. The number of sulfonamides is 1. The number of benzene rings is 1. The fraction of sp³-hybridized carbons (Fsp3) is 0.364. The fourth-order valence-corrected chi connectivity index (χ4v) is 3.88. The van der Waals surface area contributed by atoms with Crippen molar-refractivity contribution in [2.75, 3.05) is 12.9 Å². The number of rotatable bonds is 8. The molecule has 7 nitrogen and oxygen atoms in total. The molecule has 30 heavy (non-hydrogen) atoms. The summed E-state index contributed by atoms with van der Waals surface area (Å²) in [5.41, 5.74) is 4.00. The van der Waals surface area contributed by atoms with Gasteiger partial charge in [0.15, 0.2) is 0 Å². The molecular weight excluding hydrogens is 402 g/mol. The molecule has 3 aromatic rings. The number of carbonyl (C=O) groups is 1. The number of carbonyl (C=O) groups excluding carboxylic acids is 1. The van der Waals surface area contributed by atoms with Crippen LogP contribution in [0.2, 0.25) is 0 Å². The van der Waals surface area contributed by atoms with Crippen LogP contribution >= 0.6 is 0 Å². The first-order chi connectivity index (χ1) is 14.2. The van der Waals surface area contributed by atoms with Crippen LogP contribution in [-0.2, 0) is 22.9 Å². The first-order valence-corrected chi connectivity index (χ1v) is 11.6. The number of nitrogens with one attached hydrogen (secondary N) is 2. The van der Waals surface area contributed by atoms with Crippen molar-refractivity contribution >= 4 is 26.8 Å². The van der Waals surface area contributed by atoms with Gasteiger partial charge in [-0.3, -0.25) is 4.79 Å². The summed E-state index contributed by atoms with van der Waals surface area (Å²) in [7, 11) is -2.00. The number of H-pyrrole nitrogens is 1. The second-order valence-corrected chi connectivity index (χ2v) is 9.63. The molecular formula is C22H27N3O4S. The number of methoxy groups -OCH3 is 1. The molecule has 2 heterocycles. The number of aromatic nitrogens is 2. The van der Waals surface area contributed by atoms with Crippen molar-refractivity contribution in [1.82, 2.24) is 14.7 Å². The Morgan fingerprint density at radius 2 is 2.00 bits per heavy atom. The summed E-state index contributed by atoms with van der Waals surface area (Å²) in [5, 5.41) is 1.08. The highest BCUT2D eigenvalue weighted by Gasteiger charge is 2.18. The lowest BCUT2D eigenvalue weighted by molar-refractivity contribution is 0.0976. The van der Waals surface area contributed by atoms with Crippen molar-refractivity contribution < 1.29 is 17.9 Å². The van der Waals surface area contributed by atoms with E-state index in [1.165, 1.54) is 13.0 Å². The first kappa shape index (κ1) is 21.8. The number of hydrogen-bond acceptors (Lipinski definition) is 5. The van der Waals surface area contributed by atoms with Crippen molar-refractivity contribution in [3.63, 3.8) is 0 Å². The maximum atomic E-state index is 12.3. The summed E-state index contributed by atoms with van der Waals surface area (Å²) in [6.07, 6.45) is 1.40. The van der Waals surface area contributed by atoms with Crippen LogP contribution < -0.4 is 9.46 Å². The van der Waals surface area contributed by atoms with Gasteiger partial charge in [-0.25, -0.2) is 18.1 Å². The van der Waals surface area contributed by atoms with E-state index in [-0.39, 0.29) is 11.4 Å². The lowest BCUT2D eigenvalue weighted by atomic mass is 9.99. The zero-order valence-electron chi connectivity index (χ0n) is 17.7. The molecule has 0 spiro atoms. The third-order valence-electron chi connectivity index (χ3n) is 4.84. The van der Waals surface area contributed by atoms with Crippen molar-refractivity contribution in [3.8, 4) is 5.75 Å². The van der Waals surface area contributed by atoms with Gasteiger partial charge in [0.05, 0.1) is 12.9 Å². The van der Waals surface area contributed by atoms with Gasteiger partial charge < -0.3 is 9.72 Å². The molecule has 0 aliphatic carbocycles. The van der Waals surface area contributed by atoms with Gasteiger partial charge in [0.25, 0.3) is 5.91 Å². The van der Waals surface area contributed by atoms with E-state index in [0.717, 1.165) is 34.3 Å². The second-order valence-electron chi connectivity index (χ2n) is 7.62. The topological polar surface area (TPSA) is 101 Å². The van der Waals surface area contributed by atoms with E-state index in [9.17, 15) is 13.2 Å². The largest absolute Gasteiger partial charge is 0.497 e. The van der Waals surface area contributed by atoms with Crippen LogP contribution in [-0.4, -0.2) is 37.2 Å². The Labute approximate surface area is 176 Å². The highest BCUT2D eigenvalue weighted by atomic mass is 32.2. The van der Waals surface area contributed by atoms with Gasteiger partial charge in [-0.2, -0.15) is 0 Å². The molecule has 0 fully saturated rings. The van der Waals surface area contributed by atoms with Crippen molar-refractivity contribution in [2.24, 2.45) is 5.92 Å². The van der Waals surface area contributed by atoms with E-state index in [1.807, 2.05) is 29.0 Å². The Balaban J connectivity index is 1.96. The van der Waals surface area contributed by atoms with Gasteiger partial charge in [-0.05, 0) is 49.1 Å². The maximum Gasteiger partial charge on any atom is 0.283 e. The first-order valence-electron chi connectivity index (χ1n) is 9.90. The van der Waals surface area contributed by atoms with E-state index in [2.05, 4.69) is 23.8 Å². The average Bonchev–Trinajstić information content (AvgIpc) is 3.03. The summed E-state index contributed by atoms with van der Waals surface area (Å²) >= 11 is 0. The lowest BCUT2D eigenvalue weighted by Gasteiger charge is -2.09. The number of pyridine rings is 1. The molecule has 0 bridgehead atoms. The van der Waals surface area contributed by atoms with Gasteiger partial charge in [-0.15, -0.1) is 0 Å². The summed E-state index contributed by atoms with van der Waals surface area (Å²) < 4.78 is 30.8. The summed E-state index contributed by atoms with van der Waals surface area (Å²) in [6.45, 7) is 5.79. The van der Waals surface area contributed by atoms with Gasteiger partial charge in [-0.1, -0.05) is 19.9 Å². The van der Waals surface area contributed by atoms with Crippen molar-refractivity contribution in [1.29, 1.82) is 0 Å². The van der Waals surface area contributed by atoms with Gasteiger partial charge in [0.1, 0.15) is 11.4 Å². The standard InChI is InChI=1S/C22H27N3O4S/c1-5-30(27,28)25-22(26)19-8-6-7-15(23-19)12-18-17-10-9-16(29-4)13-21(17)24-20(18)11-14(2)3/h6-10,13-14,24H,5,11-12H2,1-4H3,(H,25,26). The minimum Gasteiger partial charge on any atom is -0.497 e. The number of nitrogens with zero attached hydrogens (tertiary/aromatic N) is 1. The predicted molar refractivity (Wildman–Crippen MR) is 117 cm³/mol. The number of aromatic amines is 1. The molecule has 3 rings (SSSR count). The molecule has 0 aliphatic rings. The average molecular weight is 430 g/mol. The third-order valence-corrected chi connectivity index (χ3v) is 6.10. The van der Waals surface area contributed by atoms with Crippen molar-refractivity contribution in [3.05, 3.63) is 59.0 Å². The Morgan fingerprint density at radius 1 is 1.23 bits per heavy atom. The molecule has 0 radical (unpaired) electrons. The molecule has 2 aromatic heterocycles. The molecule has 8 heteroatoms. The Bertz CT molecular complexity index is 1170. The van der Waals surface area contributed by atoms with E-state index in [0.29, 0.717) is 18.0 Å². The molecule has 160 valence electrons. The molecule has 0 saturated heterocycles. The molecule has 0 atom stereocenters. The molecule has 0 saturated carbocycles. The van der Waals surface area contributed by atoms with Crippen LogP contribution in [0.15, 0.2) is 36.4 Å². The minimum absolute atomic E-state index is 0.0800. The van der Waals surface area contributed by atoms with Crippen LogP contribution in [0.5, 0.6) is 5.75 Å². The fourth-order valence-electron chi connectivity index (χ4n) is 3.35. The van der Waals surface area contributed by atoms with Crippen molar-refractivity contribution in [2.45, 2.75) is 33.6 Å². The molecule has 1 aromatic carbocycles. The van der Waals surface area contributed by atoms with Crippen LogP contribution in [0.4, 0.5) is 0 Å². The second kappa shape index (κ2) is 8.87. The smallest absolute Gasteiger partial charge is 0.283 e. The zero-order chi connectivity index (χ0) is 21.9. The molecule has 0 aliphatic heterocycles. The monoisotopic (exact) mass is 429 g/mol. The third kappa shape index (κ3) is 4.99. The quantitative estimate of drug-likeness (QED) is 0.571. The van der Waals surface area contributed by atoms with Crippen LogP contribution in [0.25, 0.3) is 10.9 Å².